The molecule has 4 aliphatic rings. The maximum atomic E-state index is 13.3. The Bertz CT molecular complexity index is 595. The molecule has 0 bridgehead atoms. The summed E-state index contributed by atoms with van der Waals surface area (Å²) in [5.74, 6) is 2.06. The van der Waals surface area contributed by atoms with E-state index in [1.807, 2.05) is 0 Å². The van der Waals surface area contributed by atoms with Crippen LogP contribution in [0.25, 0.3) is 0 Å². The molecule has 4 saturated carbocycles. The van der Waals surface area contributed by atoms with E-state index >= 15 is 0 Å². The van der Waals surface area contributed by atoms with E-state index in [0.29, 0.717) is 35.4 Å². The lowest BCUT2D eigenvalue weighted by atomic mass is 9.43. The van der Waals surface area contributed by atoms with Gasteiger partial charge in [0.1, 0.15) is 5.78 Å². The van der Waals surface area contributed by atoms with Crippen LogP contribution >= 0.6 is 0 Å². The van der Waals surface area contributed by atoms with Crippen molar-refractivity contribution < 1.29 is 9.90 Å². The van der Waals surface area contributed by atoms with Gasteiger partial charge in [-0.15, -0.1) is 0 Å². The van der Waals surface area contributed by atoms with E-state index in [4.69, 9.17) is 0 Å². The molecule has 2 heteroatoms. The molecule has 26 heavy (non-hydrogen) atoms. The van der Waals surface area contributed by atoms with E-state index in [1.165, 1.54) is 38.5 Å². The molecule has 4 rings (SSSR count). The average molecular weight is 359 g/mol. The molecule has 1 N–H and O–H groups in total. The number of carbonyl (C=O) groups excluding carboxylic acids is 1. The zero-order valence-electron chi connectivity index (χ0n) is 17.1. The number of allylic oxidation sites excluding steroid dienone is 2. The Labute approximate surface area is 159 Å². The Balaban J connectivity index is 1.60. The first-order valence-corrected chi connectivity index (χ1v) is 11.2. The molecule has 0 radical (unpaired) electrons. The van der Waals surface area contributed by atoms with Crippen LogP contribution < -0.4 is 0 Å². The molecule has 0 aromatic heterocycles. The molecule has 0 aromatic carbocycles. The lowest BCUT2D eigenvalue weighted by Gasteiger charge is -2.63. The third-order valence-corrected chi connectivity index (χ3v) is 9.27. The highest BCUT2D eigenvalue weighted by Gasteiger charge is 2.65. The molecule has 2 nitrogen and oxygen atoms in total. The van der Waals surface area contributed by atoms with Crippen molar-refractivity contribution in [3.8, 4) is 0 Å². The highest BCUT2D eigenvalue weighted by atomic mass is 16.3. The number of rotatable bonds is 3. The Morgan fingerprint density at radius 1 is 1.12 bits per heavy atom. The largest absolute Gasteiger partial charge is 0.389 e. The summed E-state index contributed by atoms with van der Waals surface area (Å²) in [6.07, 6.45) is 16.6. The number of ketones is 1. The minimum absolute atomic E-state index is 0.0649. The molecule has 146 valence electrons. The Morgan fingerprint density at radius 3 is 2.69 bits per heavy atom. The van der Waals surface area contributed by atoms with Crippen LogP contribution in [0.3, 0.4) is 0 Å². The zero-order valence-corrected chi connectivity index (χ0v) is 17.1. The number of carbonyl (C=O) groups is 1. The van der Waals surface area contributed by atoms with E-state index in [-0.39, 0.29) is 11.3 Å². The number of aliphatic hydroxyl groups is 1. The standard InChI is InChI=1S/C24H38O2/c1-4-5-6-8-17-10-14-23(3)19-11-13-22(2)12-7-9-18(22)21(19)20(25)16-24(23,26)15-17/h6,8,17-19,21,26H,4-5,7,9-16H2,1-3H3/b8-6-/t17-,18?,19?,21?,22+,23-,24+/m1/s1. The van der Waals surface area contributed by atoms with Crippen molar-refractivity contribution in [3.05, 3.63) is 12.2 Å². The monoisotopic (exact) mass is 358 g/mol. The van der Waals surface area contributed by atoms with Gasteiger partial charge in [-0.2, -0.15) is 0 Å². The maximum Gasteiger partial charge on any atom is 0.139 e. The summed E-state index contributed by atoms with van der Waals surface area (Å²) in [6.45, 7) is 6.98. The van der Waals surface area contributed by atoms with Crippen LogP contribution in [-0.4, -0.2) is 16.5 Å². The predicted octanol–water partition coefficient (Wildman–Crippen LogP) is 5.69. The topological polar surface area (TPSA) is 37.3 Å². The fourth-order valence-corrected chi connectivity index (χ4v) is 7.61. The minimum Gasteiger partial charge on any atom is -0.389 e. The first-order valence-electron chi connectivity index (χ1n) is 11.2. The summed E-state index contributed by atoms with van der Waals surface area (Å²) in [5, 5.41) is 11.7. The normalized spacial score (nSPS) is 51.2. The molecule has 0 aliphatic heterocycles. The summed E-state index contributed by atoms with van der Waals surface area (Å²) >= 11 is 0. The first kappa shape index (κ1) is 18.7. The molecule has 0 amide bonds. The minimum atomic E-state index is -0.781. The SMILES string of the molecule is CCC/C=C\[C@@H]1CC[C@]2(C)C3CC[C@]4(C)CCCC4C3C(=O)C[C@@]2(O)C1. The van der Waals surface area contributed by atoms with Crippen LogP contribution in [0.15, 0.2) is 12.2 Å². The molecular formula is C24H38O2. The van der Waals surface area contributed by atoms with Gasteiger partial charge in [0.2, 0.25) is 0 Å². The van der Waals surface area contributed by atoms with Crippen molar-refractivity contribution in [2.24, 2.45) is 34.5 Å². The third kappa shape index (κ3) is 2.65. The molecule has 0 saturated heterocycles. The summed E-state index contributed by atoms with van der Waals surface area (Å²) in [5.41, 5.74) is -0.454. The van der Waals surface area contributed by atoms with Gasteiger partial charge in [-0.05, 0) is 74.5 Å². The third-order valence-electron chi connectivity index (χ3n) is 9.27. The van der Waals surface area contributed by atoms with Gasteiger partial charge in [0.25, 0.3) is 0 Å². The van der Waals surface area contributed by atoms with Gasteiger partial charge < -0.3 is 5.11 Å². The van der Waals surface area contributed by atoms with Gasteiger partial charge in [-0.25, -0.2) is 0 Å². The van der Waals surface area contributed by atoms with Gasteiger partial charge in [-0.1, -0.05) is 45.8 Å². The lowest BCUT2D eigenvalue weighted by molar-refractivity contribution is -0.205. The fraction of sp³-hybridized carbons (Fsp3) is 0.875. The van der Waals surface area contributed by atoms with Crippen molar-refractivity contribution in [1.82, 2.24) is 0 Å². The van der Waals surface area contributed by atoms with Gasteiger partial charge in [0, 0.05) is 17.8 Å². The maximum absolute atomic E-state index is 13.3. The second-order valence-electron chi connectivity index (χ2n) is 10.6. The van der Waals surface area contributed by atoms with E-state index in [2.05, 4.69) is 32.9 Å². The van der Waals surface area contributed by atoms with Crippen molar-refractivity contribution in [3.63, 3.8) is 0 Å². The van der Waals surface area contributed by atoms with Crippen LogP contribution in [0, 0.1) is 34.5 Å². The van der Waals surface area contributed by atoms with Gasteiger partial charge in [0.15, 0.2) is 0 Å². The molecular weight excluding hydrogens is 320 g/mol. The second-order valence-corrected chi connectivity index (χ2v) is 10.6. The molecule has 4 fully saturated rings. The summed E-state index contributed by atoms with van der Waals surface area (Å²) in [6, 6.07) is 0. The van der Waals surface area contributed by atoms with Gasteiger partial charge in [0.05, 0.1) is 5.60 Å². The summed E-state index contributed by atoms with van der Waals surface area (Å²) < 4.78 is 0. The number of Topliss-reactive ketones (excluding diaryl/α,β-unsaturated/α-hetero) is 1. The predicted molar refractivity (Wildman–Crippen MR) is 106 cm³/mol. The van der Waals surface area contributed by atoms with E-state index < -0.39 is 5.60 Å². The first-order chi connectivity index (χ1) is 12.3. The van der Waals surface area contributed by atoms with E-state index in [9.17, 15) is 9.90 Å². The smallest absolute Gasteiger partial charge is 0.139 e. The highest BCUT2D eigenvalue weighted by molar-refractivity contribution is 5.84. The van der Waals surface area contributed by atoms with Crippen LogP contribution in [0.1, 0.15) is 91.4 Å². The van der Waals surface area contributed by atoms with Crippen molar-refractivity contribution in [2.45, 2.75) is 97.0 Å². The molecule has 0 heterocycles. The van der Waals surface area contributed by atoms with Crippen LogP contribution in [-0.2, 0) is 4.79 Å². The van der Waals surface area contributed by atoms with Crippen molar-refractivity contribution >= 4 is 5.78 Å². The number of unbranched alkanes of at least 4 members (excludes halogenated alkanes) is 1. The van der Waals surface area contributed by atoms with Crippen LogP contribution in [0.4, 0.5) is 0 Å². The quantitative estimate of drug-likeness (QED) is 0.658. The van der Waals surface area contributed by atoms with Crippen molar-refractivity contribution in [2.75, 3.05) is 0 Å². The van der Waals surface area contributed by atoms with Crippen LogP contribution in [0.2, 0.25) is 0 Å². The number of hydrogen-bond acceptors (Lipinski definition) is 2. The summed E-state index contributed by atoms with van der Waals surface area (Å²) in [7, 11) is 0. The zero-order chi connectivity index (χ0) is 18.6. The van der Waals surface area contributed by atoms with Gasteiger partial charge >= 0.3 is 0 Å². The molecule has 7 atom stereocenters. The summed E-state index contributed by atoms with van der Waals surface area (Å²) in [4.78, 5) is 13.3. The molecule has 0 aromatic rings. The number of fused-ring (bicyclic) bond motifs is 5. The average Bonchev–Trinajstić information content (AvgIpc) is 2.98. The molecule has 4 aliphatic carbocycles. The van der Waals surface area contributed by atoms with Crippen LogP contribution in [0.5, 0.6) is 0 Å². The molecule has 3 unspecified atom stereocenters. The Hall–Kier alpha value is -0.630. The number of hydrogen-bond donors (Lipinski definition) is 1. The van der Waals surface area contributed by atoms with Crippen molar-refractivity contribution in [1.29, 1.82) is 0 Å². The van der Waals surface area contributed by atoms with Gasteiger partial charge in [-0.3, -0.25) is 4.79 Å². The Morgan fingerprint density at radius 2 is 1.92 bits per heavy atom. The lowest BCUT2D eigenvalue weighted by Crippen LogP contribution is -2.64. The van der Waals surface area contributed by atoms with E-state index in [0.717, 1.165) is 25.7 Å². The Kier molecular flexibility index (Phi) is 4.66. The fourth-order valence-electron chi connectivity index (χ4n) is 7.61. The second kappa shape index (κ2) is 6.47. The highest BCUT2D eigenvalue weighted by Crippen LogP contribution is 2.66. The molecule has 0 spiro atoms. The van der Waals surface area contributed by atoms with E-state index in [1.54, 1.807) is 0 Å².